The van der Waals surface area contributed by atoms with Crippen molar-refractivity contribution >= 4 is 197 Å². The molecule has 0 spiro atoms. The van der Waals surface area contributed by atoms with Crippen molar-refractivity contribution < 1.29 is 26.3 Å². The van der Waals surface area contributed by atoms with Crippen LogP contribution in [0.2, 0.25) is 0 Å². The van der Waals surface area contributed by atoms with Crippen LogP contribution in [0.1, 0.15) is 114 Å². The molecule has 0 amide bonds. The Balaban J connectivity index is 0.000000101. The predicted octanol–water partition coefficient (Wildman–Crippen LogP) is 24.5. The van der Waals surface area contributed by atoms with Gasteiger partial charge in [-0.15, -0.1) is 45.3 Å². The average molecular weight is 1880 g/mol. The van der Waals surface area contributed by atoms with Gasteiger partial charge in [-0.05, 0) is 252 Å². The molecule has 20 aromatic rings. The fourth-order valence-corrected chi connectivity index (χ4v) is 22.4. The maximum atomic E-state index is 13.6. The van der Waals surface area contributed by atoms with E-state index in [4.69, 9.17) is 49.6 Å². The van der Waals surface area contributed by atoms with Crippen molar-refractivity contribution in [2.45, 2.75) is 99.0 Å². The van der Waals surface area contributed by atoms with Gasteiger partial charge in [-0.25, -0.2) is 58.3 Å². The normalized spacial score (nSPS) is 15.1. The van der Waals surface area contributed by atoms with Crippen molar-refractivity contribution in [2.24, 2.45) is 0 Å². The number of morpholine rings is 1. The molecule has 33 heteroatoms. The van der Waals surface area contributed by atoms with Crippen molar-refractivity contribution in [3.05, 3.63) is 270 Å². The maximum Gasteiger partial charge on any atom is 0.434 e. The van der Waals surface area contributed by atoms with Crippen molar-refractivity contribution in [1.82, 2.24) is 79.7 Å². The van der Waals surface area contributed by atoms with Gasteiger partial charge in [0.05, 0.1) is 124 Å². The number of halogens is 3. The van der Waals surface area contributed by atoms with E-state index in [0.29, 0.717) is 63.0 Å². The monoisotopic (exact) mass is 1880 g/mol. The van der Waals surface area contributed by atoms with Crippen LogP contribution < -0.4 is 31.1 Å². The number of thiazole rings is 4. The Kier molecular flexibility index (Phi) is 22.6. The lowest BCUT2D eigenvalue weighted by Crippen LogP contribution is -2.36. The van der Waals surface area contributed by atoms with Crippen LogP contribution in [0.5, 0.6) is 0 Å². The van der Waals surface area contributed by atoms with Gasteiger partial charge in [0.2, 0.25) is 0 Å². The summed E-state index contributed by atoms with van der Waals surface area (Å²) in [5, 5.41) is 22.3. The van der Waals surface area contributed by atoms with Gasteiger partial charge >= 0.3 is 6.18 Å². The van der Waals surface area contributed by atoms with Gasteiger partial charge in [0.25, 0.3) is 0 Å². The number of nitrogens with one attached hydrogen (secondary N) is 4. The van der Waals surface area contributed by atoms with E-state index in [1.807, 2.05) is 109 Å². The molecule has 6 fully saturated rings. The smallest absolute Gasteiger partial charge is 0.378 e. The van der Waals surface area contributed by atoms with E-state index in [1.165, 1.54) is 125 Å². The molecule has 0 radical (unpaired) electrons. The first-order valence-corrected chi connectivity index (χ1v) is 50.1. The Hall–Kier alpha value is -14.2. The van der Waals surface area contributed by atoms with Gasteiger partial charge in [-0.1, -0.05) is 0 Å². The molecule has 18 heterocycles. The lowest BCUT2D eigenvalue weighted by atomic mass is 10.1. The zero-order chi connectivity index (χ0) is 90.8. The Morgan fingerprint density at radius 3 is 1.06 bits per heavy atom. The third-order valence-corrected chi connectivity index (χ3v) is 30.3. The third-order valence-electron chi connectivity index (χ3n) is 24.4. The minimum absolute atomic E-state index is 0.0902. The van der Waals surface area contributed by atoms with Gasteiger partial charge in [-0.3, -0.25) is 29.9 Å². The van der Waals surface area contributed by atoms with Crippen LogP contribution in [0, 0.1) is 0 Å². The van der Waals surface area contributed by atoms with E-state index in [0.717, 1.165) is 178 Å². The van der Waals surface area contributed by atoms with Crippen molar-refractivity contribution in [1.29, 1.82) is 0 Å². The van der Waals surface area contributed by atoms with Crippen molar-refractivity contribution in [2.75, 3.05) is 76.7 Å². The average Bonchev–Trinajstić information content (AvgIpc) is 1.77. The molecule has 0 bridgehead atoms. The topological polar surface area (TPSA) is 304 Å². The Morgan fingerprint density at radius 2 is 0.704 bits per heavy atom. The molecule has 26 rings (SSSR count). The number of hydrogen-bond acceptors (Lipinski definition) is 29. The number of fused-ring (bicyclic) bond motifs is 8. The maximum absolute atomic E-state index is 13.6. The van der Waals surface area contributed by atoms with E-state index in [1.54, 1.807) is 64.6 Å². The molecule has 4 N–H and O–H groups in total. The van der Waals surface area contributed by atoms with Gasteiger partial charge in [-0.2, -0.15) is 13.2 Å². The first-order valence-electron chi connectivity index (χ1n) is 44.9. The van der Waals surface area contributed by atoms with Gasteiger partial charge < -0.3 is 35.8 Å². The number of anilines is 10. The fraction of sp³-hybridized carbons (Fsp3) is 0.216. The van der Waals surface area contributed by atoms with Crippen LogP contribution in [0.4, 0.5) is 70.8 Å². The minimum Gasteiger partial charge on any atom is -0.378 e. The quantitative estimate of drug-likeness (QED) is 0.0584. The highest BCUT2D eigenvalue weighted by molar-refractivity contribution is 7.90. The molecule has 2 aliphatic heterocycles. The summed E-state index contributed by atoms with van der Waals surface area (Å²) in [6.45, 7) is 5.39. The second kappa shape index (κ2) is 36.0. The lowest BCUT2D eigenvalue weighted by molar-refractivity contribution is -0.140. The summed E-state index contributed by atoms with van der Waals surface area (Å²) in [5.74, 6) is 7.17. The number of hydrogen-bond donors (Lipinski definition) is 4. The first kappa shape index (κ1) is 85.0. The summed E-state index contributed by atoms with van der Waals surface area (Å²) >= 11 is 7.04. The highest BCUT2D eigenvalue weighted by Gasteiger charge is 2.37. The predicted molar refractivity (Wildman–Crippen MR) is 533 cm³/mol. The number of ether oxygens (including phenoxy) is 1. The molecule has 25 nitrogen and oxygen atoms in total. The van der Waals surface area contributed by atoms with Crippen LogP contribution in [0.15, 0.2) is 249 Å². The van der Waals surface area contributed by atoms with Gasteiger partial charge in [0.15, 0.2) is 15.5 Å². The molecule has 0 unspecified atom stereocenters. The second-order valence-corrected chi connectivity index (χ2v) is 40.6. The molecule has 4 saturated carbocycles. The molecule has 135 heavy (non-hydrogen) atoms. The van der Waals surface area contributed by atoms with Crippen molar-refractivity contribution in [3.8, 4) is 45.0 Å². The highest BCUT2D eigenvalue weighted by Crippen LogP contribution is 2.49. The molecule has 6 aliphatic rings. The molecule has 0 atom stereocenters. The second-order valence-electron chi connectivity index (χ2n) is 34.4. The van der Waals surface area contributed by atoms with Crippen LogP contribution >= 0.6 is 45.3 Å². The Labute approximate surface area is 788 Å². The Morgan fingerprint density at radius 1 is 0.356 bits per heavy atom. The molecule has 4 aromatic carbocycles. The van der Waals surface area contributed by atoms with Crippen LogP contribution in [-0.2, 0) is 20.8 Å². The Bertz CT molecular complexity index is 8060. The number of sulfone groups is 1. The zero-order valence-electron chi connectivity index (χ0n) is 72.7. The molecule has 670 valence electrons. The fourth-order valence-electron chi connectivity index (χ4n) is 16.8. The van der Waals surface area contributed by atoms with E-state index in [-0.39, 0.29) is 16.2 Å². The standard InChI is InChI=1S/C27H24N6OS.C27H24N6S.C24H16F3N5S.C24H19N5O2S2/c1-2-20-23(28-9-1)15-22(18-5-8-25(29-16-18)33-10-12-34-13-11-33)31-26(20)30-19-6-7-21-24(14-19)35-27(32-21)17-3-4-17;1-2-13-33(12-1)25-10-7-18(16-29-25)22-15-23-20(4-3-11-28-23)26(31-22)30-19-8-9-21-24(14-19)34-27(32-21)17-5-6-17;25-24(26,27)21-15(3-1-10-29-21)19-12-18-16(4-2-9-28-18)22(31-19)30-14-7-8-17-20(11-14)33-23(32-17)13-5-6-13;1-33(30,31)22-8-10-25-13-17(22)20-12-19-16(3-2-9-26-19)23(28-20)27-15-6-7-18-21(11-15)32-24(29-18)14-4-5-14/h1-2,5-9,14-17H,3-4,10-13H2,(H,30,31);3-4,7-11,14-17H,1-2,5-6,12-13H2,(H,30,31);1-4,7-13H,5-6H2,(H,30,31);2-3,6-14H,4-5H2,1H3,(H,27,28). The van der Waals surface area contributed by atoms with Crippen molar-refractivity contribution in [3.63, 3.8) is 0 Å². The van der Waals surface area contributed by atoms with E-state index < -0.39 is 21.7 Å². The minimum atomic E-state index is -4.60. The summed E-state index contributed by atoms with van der Waals surface area (Å²) in [4.78, 5) is 78.4. The van der Waals surface area contributed by atoms with E-state index in [9.17, 15) is 21.6 Å². The first-order chi connectivity index (χ1) is 66.0. The SMILES string of the molecule is CS(=O)(=O)c1ccncc1-c1cc2ncccc2c(Nc2ccc3nc(C4CC4)sc3c2)n1.FC(F)(F)c1ncccc1-c1cc2ncccc2c(Nc2ccc3nc(C4CC4)sc3c2)n1.c1cnc2cc(-c3ccc(N4CCCC4)nc3)nc(Nc3ccc4nc(C5CC5)sc4c3)c2c1.c1cnc2cc(-c3ccc(N4CCOCC4)nc3)nc(Nc3ccc4nc(C5CC5)sc4c3)c2c1. The summed E-state index contributed by atoms with van der Waals surface area (Å²) in [6, 6.07) is 60.2. The molecular weight excluding hydrogens is 1800 g/mol. The number of pyridine rings is 12. The van der Waals surface area contributed by atoms with Crippen LogP contribution in [0.3, 0.4) is 0 Å². The zero-order valence-corrected chi connectivity index (χ0v) is 76.7. The highest BCUT2D eigenvalue weighted by atomic mass is 32.2. The molecule has 16 aromatic heterocycles. The third kappa shape index (κ3) is 18.6. The van der Waals surface area contributed by atoms with E-state index in [2.05, 4.69) is 145 Å². The summed E-state index contributed by atoms with van der Waals surface area (Å²) in [5.41, 5.74) is 14.5. The number of aromatic nitrogens is 16. The van der Waals surface area contributed by atoms with Crippen LogP contribution in [-0.4, -0.2) is 134 Å². The number of rotatable bonds is 19. The van der Waals surface area contributed by atoms with E-state index >= 15 is 0 Å². The summed E-state index contributed by atoms with van der Waals surface area (Å²) in [6.07, 6.45) is 23.9. The summed E-state index contributed by atoms with van der Waals surface area (Å²) < 4.78 is 75.5. The van der Waals surface area contributed by atoms with Crippen LogP contribution in [0.25, 0.3) is 130 Å². The van der Waals surface area contributed by atoms with Gasteiger partial charge in [0, 0.05) is 178 Å². The number of benzene rings is 4. The molecule has 2 saturated heterocycles. The largest absolute Gasteiger partial charge is 0.434 e. The number of nitrogens with zero attached hydrogens (tertiary/aromatic N) is 18. The molecular formula is C102H83F3N22O3S5. The lowest BCUT2D eigenvalue weighted by Gasteiger charge is -2.27. The van der Waals surface area contributed by atoms with Gasteiger partial charge in [0.1, 0.15) is 34.9 Å². The molecule has 4 aliphatic carbocycles. The summed E-state index contributed by atoms with van der Waals surface area (Å²) in [7, 11) is -3.46. The number of alkyl halides is 3.